The molecular weight excluding hydrogens is 440 g/mol. The van der Waals surface area contributed by atoms with Crippen molar-refractivity contribution in [3.63, 3.8) is 0 Å². The summed E-state index contributed by atoms with van der Waals surface area (Å²) in [6.07, 6.45) is 9.74. The summed E-state index contributed by atoms with van der Waals surface area (Å²) in [5.74, 6) is 0.468. The molecule has 1 heterocycles. The molecule has 0 radical (unpaired) electrons. The van der Waals surface area contributed by atoms with Crippen molar-refractivity contribution in [3.05, 3.63) is 81.9 Å². The van der Waals surface area contributed by atoms with Gasteiger partial charge in [-0.15, -0.1) is 6.42 Å². The van der Waals surface area contributed by atoms with Gasteiger partial charge >= 0.3 is 11.8 Å². The molecule has 2 aliphatic rings. The maximum Gasteiger partial charge on any atom is 0.310 e. The van der Waals surface area contributed by atoms with E-state index in [9.17, 15) is 14.4 Å². The standard InChI is InChI=1S/C28H28N4O3/c1-4-13-29-26(34)27(35)30-16-20-7-5-6-8-23(20)25(33)19(2)15-28(11-12-28)22-9-10-24-21(14-22)17-32(3)18-31-24/h1,5-10,14,17H,2,11-13,15-16,18H2,3H3,(H,29,34)(H,30,35). The summed E-state index contributed by atoms with van der Waals surface area (Å²) >= 11 is 0. The van der Waals surface area contributed by atoms with Gasteiger partial charge in [0.25, 0.3) is 0 Å². The van der Waals surface area contributed by atoms with E-state index in [1.807, 2.05) is 11.9 Å². The number of rotatable bonds is 8. The number of benzene rings is 2. The van der Waals surface area contributed by atoms with Crippen molar-refractivity contribution in [3.8, 4) is 12.3 Å². The van der Waals surface area contributed by atoms with Crippen LogP contribution in [0.5, 0.6) is 0 Å². The number of allylic oxidation sites excluding steroid dienone is 1. The fraction of sp³-hybridized carbons (Fsp3) is 0.286. The largest absolute Gasteiger partial charge is 0.361 e. The van der Waals surface area contributed by atoms with Gasteiger partial charge in [-0.25, -0.2) is 0 Å². The highest BCUT2D eigenvalue weighted by atomic mass is 16.2. The zero-order chi connectivity index (χ0) is 25.0. The van der Waals surface area contributed by atoms with Gasteiger partial charge in [0.05, 0.1) is 11.9 Å². The zero-order valence-electron chi connectivity index (χ0n) is 19.8. The molecule has 4 rings (SSSR count). The molecule has 0 bridgehead atoms. The molecule has 0 unspecified atom stereocenters. The van der Waals surface area contributed by atoms with Crippen LogP contribution in [0.15, 0.2) is 59.6 Å². The minimum Gasteiger partial charge on any atom is -0.361 e. The van der Waals surface area contributed by atoms with Gasteiger partial charge in [0.1, 0.15) is 6.67 Å². The van der Waals surface area contributed by atoms with E-state index in [0.29, 0.717) is 29.8 Å². The number of hydrogen-bond acceptors (Lipinski definition) is 5. The second-order valence-corrected chi connectivity index (χ2v) is 9.08. The Morgan fingerprint density at radius 3 is 2.63 bits per heavy atom. The number of nitrogens with one attached hydrogen (secondary N) is 2. The van der Waals surface area contributed by atoms with E-state index < -0.39 is 11.8 Å². The molecular formula is C28H28N4O3. The molecule has 2 aromatic rings. The van der Waals surface area contributed by atoms with Gasteiger partial charge in [0, 0.05) is 30.6 Å². The number of fused-ring (bicyclic) bond motifs is 1. The highest BCUT2D eigenvalue weighted by molar-refractivity contribution is 6.35. The van der Waals surface area contributed by atoms with E-state index in [0.717, 1.165) is 23.4 Å². The SMILES string of the molecule is C#CCNC(=O)C(=O)NCc1ccccc1C(=O)C(=C)CC1(c2ccc3c(c2)=CN(C)CN=3)CC1. The number of carbonyl (C=O) groups excluding carboxylic acids is 3. The number of carbonyl (C=O) groups is 3. The molecule has 2 aromatic carbocycles. The second kappa shape index (κ2) is 9.98. The Kier molecular flexibility index (Phi) is 6.83. The first-order chi connectivity index (χ1) is 16.8. The van der Waals surface area contributed by atoms with Crippen LogP contribution in [0, 0.1) is 12.3 Å². The van der Waals surface area contributed by atoms with E-state index in [4.69, 9.17) is 6.42 Å². The first-order valence-corrected chi connectivity index (χ1v) is 11.5. The van der Waals surface area contributed by atoms with Crippen LogP contribution in [0.4, 0.5) is 0 Å². The molecule has 2 N–H and O–H groups in total. The number of ketones is 1. The molecule has 1 saturated carbocycles. The Bertz CT molecular complexity index is 1370. The van der Waals surface area contributed by atoms with Crippen LogP contribution in [0.25, 0.3) is 6.20 Å². The van der Waals surface area contributed by atoms with Gasteiger partial charge < -0.3 is 15.5 Å². The van der Waals surface area contributed by atoms with Crippen LogP contribution in [0.1, 0.15) is 40.7 Å². The predicted octanol–water partition coefficient (Wildman–Crippen LogP) is 1.17. The molecule has 7 heteroatoms. The Balaban J connectivity index is 1.46. The van der Waals surface area contributed by atoms with Crippen molar-refractivity contribution < 1.29 is 14.4 Å². The molecule has 0 spiro atoms. The van der Waals surface area contributed by atoms with Crippen LogP contribution in [-0.2, 0) is 21.5 Å². The van der Waals surface area contributed by atoms with Gasteiger partial charge in [0.2, 0.25) is 0 Å². The number of Topliss-reactive ketones (excluding diaryl/α,β-unsaturated/α-hetero) is 1. The predicted molar refractivity (Wildman–Crippen MR) is 133 cm³/mol. The van der Waals surface area contributed by atoms with Gasteiger partial charge in [-0.05, 0) is 53.5 Å². The van der Waals surface area contributed by atoms with Crippen molar-refractivity contribution in [1.29, 1.82) is 0 Å². The summed E-state index contributed by atoms with van der Waals surface area (Å²) in [7, 11) is 2.00. The molecule has 178 valence electrons. The lowest BCUT2D eigenvalue weighted by atomic mass is 9.85. The summed E-state index contributed by atoms with van der Waals surface area (Å²) in [5, 5.41) is 6.93. The smallest absolute Gasteiger partial charge is 0.310 e. The maximum atomic E-state index is 13.4. The highest BCUT2D eigenvalue weighted by Crippen LogP contribution is 2.52. The summed E-state index contributed by atoms with van der Waals surface area (Å²) in [4.78, 5) is 43.7. The molecule has 1 aliphatic heterocycles. The van der Waals surface area contributed by atoms with E-state index in [1.54, 1.807) is 24.3 Å². The Morgan fingerprint density at radius 2 is 1.89 bits per heavy atom. The van der Waals surface area contributed by atoms with Crippen LogP contribution in [0.2, 0.25) is 0 Å². The lowest BCUT2D eigenvalue weighted by Gasteiger charge is -2.19. The normalized spacial score (nSPS) is 14.9. The minimum absolute atomic E-state index is 0.0311. The third-order valence-corrected chi connectivity index (χ3v) is 6.45. The number of amides is 2. The first-order valence-electron chi connectivity index (χ1n) is 11.5. The molecule has 0 atom stereocenters. The fourth-order valence-electron chi connectivity index (χ4n) is 4.36. The quantitative estimate of drug-likeness (QED) is 0.263. The molecule has 2 amide bonds. The first kappa shape index (κ1) is 24.0. The van der Waals surface area contributed by atoms with Gasteiger partial charge in [-0.1, -0.05) is 42.8 Å². The molecule has 1 fully saturated rings. The molecule has 35 heavy (non-hydrogen) atoms. The average Bonchev–Trinajstić information content (AvgIpc) is 3.65. The van der Waals surface area contributed by atoms with Gasteiger partial charge in [-0.2, -0.15) is 0 Å². The van der Waals surface area contributed by atoms with Crippen LogP contribution in [0.3, 0.4) is 0 Å². The highest BCUT2D eigenvalue weighted by Gasteiger charge is 2.45. The maximum absolute atomic E-state index is 13.4. The summed E-state index contributed by atoms with van der Waals surface area (Å²) in [6, 6.07) is 13.4. The minimum atomic E-state index is -0.812. The van der Waals surface area contributed by atoms with E-state index in [-0.39, 0.29) is 24.3 Å². The van der Waals surface area contributed by atoms with E-state index >= 15 is 0 Å². The molecule has 0 aromatic heterocycles. The van der Waals surface area contributed by atoms with Crippen LogP contribution < -0.4 is 21.2 Å². The van der Waals surface area contributed by atoms with Gasteiger partial charge in [0.15, 0.2) is 5.78 Å². The van der Waals surface area contributed by atoms with Crippen LogP contribution >= 0.6 is 0 Å². The molecule has 7 nitrogen and oxygen atoms in total. The Labute approximate surface area is 204 Å². The summed E-state index contributed by atoms with van der Waals surface area (Å²) in [5.41, 5.74) is 2.72. The number of terminal acetylenes is 1. The monoisotopic (exact) mass is 468 g/mol. The van der Waals surface area contributed by atoms with Crippen LogP contribution in [-0.4, -0.2) is 42.8 Å². The van der Waals surface area contributed by atoms with Crippen molar-refractivity contribution >= 4 is 23.8 Å². The molecule has 1 aliphatic carbocycles. The fourth-order valence-corrected chi connectivity index (χ4v) is 4.36. The average molecular weight is 469 g/mol. The van der Waals surface area contributed by atoms with Crippen molar-refractivity contribution in [2.75, 3.05) is 20.3 Å². The molecule has 0 saturated heterocycles. The van der Waals surface area contributed by atoms with Crippen molar-refractivity contribution in [2.45, 2.75) is 31.2 Å². The second-order valence-electron chi connectivity index (χ2n) is 9.08. The lowest BCUT2D eigenvalue weighted by Crippen LogP contribution is -2.39. The summed E-state index contributed by atoms with van der Waals surface area (Å²) in [6.45, 7) is 4.79. The third kappa shape index (κ3) is 5.33. The van der Waals surface area contributed by atoms with E-state index in [1.165, 1.54) is 5.56 Å². The summed E-state index contributed by atoms with van der Waals surface area (Å²) < 4.78 is 0. The lowest BCUT2D eigenvalue weighted by molar-refractivity contribution is -0.139. The Hall–Kier alpha value is -4.18. The Morgan fingerprint density at radius 1 is 1.14 bits per heavy atom. The zero-order valence-corrected chi connectivity index (χ0v) is 19.8. The topological polar surface area (TPSA) is 90.9 Å². The number of nitrogens with zero attached hydrogens (tertiary/aromatic N) is 2. The van der Waals surface area contributed by atoms with Crippen molar-refractivity contribution in [2.24, 2.45) is 4.99 Å². The van der Waals surface area contributed by atoms with E-state index in [2.05, 4.69) is 52.5 Å². The van der Waals surface area contributed by atoms with Crippen molar-refractivity contribution in [1.82, 2.24) is 15.5 Å². The van der Waals surface area contributed by atoms with Gasteiger partial charge in [-0.3, -0.25) is 19.4 Å². The third-order valence-electron chi connectivity index (χ3n) is 6.45. The number of hydrogen-bond donors (Lipinski definition) is 2.